The summed E-state index contributed by atoms with van der Waals surface area (Å²) in [6.07, 6.45) is 0. The minimum absolute atomic E-state index is 1.08. The van der Waals surface area contributed by atoms with Crippen molar-refractivity contribution in [3.8, 4) is 61.3 Å². The molecule has 2 heteroatoms. The van der Waals surface area contributed by atoms with Gasteiger partial charge in [0.2, 0.25) is 0 Å². The van der Waals surface area contributed by atoms with Gasteiger partial charge in [0.1, 0.15) is 0 Å². The van der Waals surface area contributed by atoms with Gasteiger partial charge in [-0.2, -0.15) is 0 Å². The lowest BCUT2D eigenvalue weighted by atomic mass is 9.84. The second-order valence-electron chi connectivity index (χ2n) is 19.2. The predicted molar refractivity (Wildman–Crippen MR) is 315 cm³/mol. The highest BCUT2D eigenvalue weighted by Gasteiger charge is 2.22. The van der Waals surface area contributed by atoms with Crippen molar-refractivity contribution in [2.45, 2.75) is 0 Å². The molecule has 0 unspecified atom stereocenters. The first-order valence-electron chi connectivity index (χ1n) is 25.5. The highest BCUT2D eigenvalue weighted by atomic mass is 15.1. The molecule has 0 aliphatic carbocycles. The van der Waals surface area contributed by atoms with E-state index in [-0.39, 0.29) is 0 Å². The smallest absolute Gasteiger partial charge is 0.0541 e. The van der Waals surface area contributed by atoms with Gasteiger partial charge in [-0.25, -0.2) is 0 Å². The fraction of sp³-hybridized carbons (Fsp3) is 0. The molecule has 0 aliphatic heterocycles. The van der Waals surface area contributed by atoms with E-state index in [2.05, 4.69) is 301 Å². The third-order valence-corrected chi connectivity index (χ3v) is 15.0. The number of hydrogen-bond donors (Lipinski definition) is 0. The van der Waals surface area contributed by atoms with Crippen molar-refractivity contribution in [2.24, 2.45) is 0 Å². The molecule has 13 aromatic carbocycles. The van der Waals surface area contributed by atoms with Crippen LogP contribution >= 0.6 is 0 Å². The third-order valence-electron chi connectivity index (χ3n) is 15.0. The van der Waals surface area contributed by atoms with Crippen molar-refractivity contribution in [3.05, 3.63) is 291 Å². The monoisotopic (exact) mass is 940 g/mol. The van der Waals surface area contributed by atoms with E-state index in [9.17, 15) is 0 Å². The zero-order chi connectivity index (χ0) is 49.0. The Kier molecular flexibility index (Phi) is 10.6. The second kappa shape index (κ2) is 18.1. The number of para-hydroxylation sites is 1. The Morgan fingerprint density at radius 2 is 0.622 bits per heavy atom. The van der Waals surface area contributed by atoms with Crippen LogP contribution in [0.4, 0.5) is 17.1 Å². The molecular weight excluding hydrogens is 893 g/mol. The quantitative estimate of drug-likeness (QED) is 0.131. The molecule has 0 saturated heterocycles. The van der Waals surface area contributed by atoms with Crippen LogP contribution in [0.2, 0.25) is 0 Å². The van der Waals surface area contributed by atoms with Gasteiger partial charge in [0.25, 0.3) is 0 Å². The van der Waals surface area contributed by atoms with E-state index in [4.69, 9.17) is 0 Å². The first-order chi connectivity index (χ1) is 36.7. The summed E-state index contributed by atoms with van der Waals surface area (Å²) >= 11 is 0. The first-order valence-corrected chi connectivity index (χ1v) is 25.5. The van der Waals surface area contributed by atoms with Gasteiger partial charge in [0.05, 0.1) is 16.7 Å². The average molecular weight is 941 g/mol. The van der Waals surface area contributed by atoms with Gasteiger partial charge in [0, 0.05) is 33.2 Å². The summed E-state index contributed by atoms with van der Waals surface area (Å²) in [5.74, 6) is 0. The fourth-order valence-electron chi connectivity index (χ4n) is 11.6. The zero-order valence-electron chi connectivity index (χ0n) is 40.6. The van der Waals surface area contributed by atoms with Crippen LogP contribution in [0.5, 0.6) is 0 Å². The number of hydrogen-bond acceptors (Lipinski definition) is 1. The lowest BCUT2D eigenvalue weighted by Crippen LogP contribution is -2.10. The number of anilines is 3. The highest BCUT2D eigenvalue weighted by molar-refractivity contribution is 6.24. The molecule has 74 heavy (non-hydrogen) atoms. The maximum Gasteiger partial charge on any atom is 0.0541 e. The van der Waals surface area contributed by atoms with E-state index in [0.29, 0.717) is 0 Å². The topological polar surface area (TPSA) is 8.17 Å². The van der Waals surface area contributed by atoms with E-state index in [1.54, 1.807) is 0 Å². The molecule has 0 radical (unpaired) electrons. The molecular formula is C72H48N2. The molecule has 1 aromatic heterocycles. The molecule has 2 nitrogen and oxygen atoms in total. The minimum atomic E-state index is 1.08. The summed E-state index contributed by atoms with van der Waals surface area (Å²) in [5, 5.41) is 9.79. The number of nitrogens with zero attached hydrogens (tertiary/aromatic N) is 2. The maximum absolute atomic E-state index is 2.43. The SMILES string of the molecule is c1ccc(-c2ccc(-c3c4ccccc4c(-c4cccc5c(N(c6ccccc6)c6ccc(-n7c8ccc(-c9ccccc9)cc8c8cc(-c9ccccc9)ccc87)cc6)cccc45)c4ccccc34)cc2)cc1. The molecule has 0 amide bonds. The zero-order valence-corrected chi connectivity index (χ0v) is 40.6. The van der Waals surface area contributed by atoms with Crippen molar-refractivity contribution in [1.29, 1.82) is 0 Å². The van der Waals surface area contributed by atoms with Crippen LogP contribution < -0.4 is 4.90 Å². The Morgan fingerprint density at radius 1 is 0.230 bits per heavy atom. The van der Waals surface area contributed by atoms with Crippen LogP contribution in [-0.2, 0) is 0 Å². The molecule has 0 spiro atoms. The van der Waals surface area contributed by atoms with E-state index in [0.717, 1.165) is 22.7 Å². The summed E-state index contributed by atoms with van der Waals surface area (Å²) < 4.78 is 2.43. The normalized spacial score (nSPS) is 11.5. The van der Waals surface area contributed by atoms with Crippen LogP contribution in [0, 0.1) is 0 Å². The van der Waals surface area contributed by atoms with Crippen molar-refractivity contribution >= 4 is 71.2 Å². The lowest BCUT2D eigenvalue weighted by Gasteiger charge is -2.27. The van der Waals surface area contributed by atoms with Crippen LogP contribution in [0.3, 0.4) is 0 Å². The maximum atomic E-state index is 2.43. The Hall–Kier alpha value is -9.76. The van der Waals surface area contributed by atoms with Crippen molar-refractivity contribution in [2.75, 3.05) is 4.90 Å². The number of fused-ring (bicyclic) bond motifs is 6. The summed E-state index contributed by atoms with van der Waals surface area (Å²) in [6, 6.07) is 106. The van der Waals surface area contributed by atoms with Gasteiger partial charge < -0.3 is 9.47 Å². The lowest BCUT2D eigenvalue weighted by molar-refractivity contribution is 1.17. The number of rotatable bonds is 9. The van der Waals surface area contributed by atoms with Gasteiger partial charge in [0.15, 0.2) is 0 Å². The van der Waals surface area contributed by atoms with Gasteiger partial charge >= 0.3 is 0 Å². The molecule has 14 rings (SSSR count). The molecule has 1 heterocycles. The largest absolute Gasteiger partial charge is 0.310 e. The van der Waals surface area contributed by atoms with Gasteiger partial charge in [-0.3, -0.25) is 0 Å². The Labute approximate surface area is 430 Å². The second-order valence-corrected chi connectivity index (χ2v) is 19.2. The van der Waals surface area contributed by atoms with Crippen LogP contribution in [0.1, 0.15) is 0 Å². The van der Waals surface area contributed by atoms with Crippen LogP contribution in [0.15, 0.2) is 291 Å². The summed E-state index contributed by atoms with van der Waals surface area (Å²) in [7, 11) is 0. The van der Waals surface area contributed by atoms with E-state index >= 15 is 0 Å². The van der Waals surface area contributed by atoms with Gasteiger partial charge in [-0.15, -0.1) is 0 Å². The predicted octanol–water partition coefficient (Wildman–Crippen LogP) is 20.0. The summed E-state index contributed by atoms with van der Waals surface area (Å²) in [6.45, 7) is 0. The van der Waals surface area contributed by atoms with Gasteiger partial charge in [-0.05, 0) is 149 Å². The summed E-state index contributed by atoms with van der Waals surface area (Å²) in [4.78, 5) is 2.42. The average Bonchev–Trinajstić information content (AvgIpc) is 3.83. The number of aromatic nitrogens is 1. The van der Waals surface area contributed by atoms with Crippen LogP contribution in [-0.4, -0.2) is 4.57 Å². The Balaban J connectivity index is 0.908. The highest BCUT2D eigenvalue weighted by Crippen LogP contribution is 2.48. The molecule has 0 saturated carbocycles. The molecule has 0 bridgehead atoms. The van der Waals surface area contributed by atoms with E-state index < -0.39 is 0 Å². The Bertz CT molecular complexity index is 4220. The minimum Gasteiger partial charge on any atom is -0.310 e. The van der Waals surface area contributed by atoms with Crippen LogP contribution in [0.25, 0.3) is 115 Å². The van der Waals surface area contributed by atoms with E-state index in [1.807, 2.05) is 0 Å². The Morgan fingerprint density at radius 3 is 1.16 bits per heavy atom. The van der Waals surface area contributed by atoms with E-state index in [1.165, 1.54) is 110 Å². The molecule has 0 aliphatic rings. The number of benzene rings is 13. The summed E-state index contributed by atoms with van der Waals surface area (Å²) in [5.41, 5.74) is 18.9. The molecule has 0 N–H and O–H groups in total. The third kappa shape index (κ3) is 7.35. The van der Waals surface area contributed by atoms with Crippen molar-refractivity contribution < 1.29 is 0 Å². The fourth-order valence-corrected chi connectivity index (χ4v) is 11.6. The van der Waals surface area contributed by atoms with Gasteiger partial charge in [-0.1, -0.05) is 224 Å². The molecule has 0 fully saturated rings. The molecule has 346 valence electrons. The molecule has 14 aromatic rings. The first kappa shape index (κ1) is 43.1. The standard InChI is InChI=1S/C72H48N2/c1-5-19-49(20-6-1)52-35-37-53(38-36-52)71-62-27-13-15-29-64(62)72(65-30-16-14-28-63(65)71)61-33-17-32-60-59(61)31-18-34-68(60)73(56-25-11-4-12-26-56)57-41-43-58(44-42-57)74-69-45-39-54(50-21-7-2-8-22-50)47-66(69)67-48-55(40-46-70(67)74)51-23-9-3-10-24-51/h1-48H. The van der Waals surface area contributed by atoms with Crippen molar-refractivity contribution in [3.63, 3.8) is 0 Å². The molecule has 0 atom stereocenters. The van der Waals surface area contributed by atoms with Crippen molar-refractivity contribution in [1.82, 2.24) is 4.57 Å².